The van der Waals surface area contributed by atoms with Gasteiger partial charge in [-0.05, 0) is 25.6 Å². The zero-order valence-electron chi connectivity index (χ0n) is 7.31. The molecule has 0 aliphatic rings. The molecule has 1 amide bonds. The van der Waals surface area contributed by atoms with Crippen LogP contribution >= 0.6 is 15.9 Å². The highest BCUT2D eigenvalue weighted by Gasteiger charge is 2.25. The number of rotatable bonds is 2. The maximum atomic E-state index is 10.9. The Labute approximate surface area is 80.7 Å². The van der Waals surface area contributed by atoms with Gasteiger partial charge in [0, 0.05) is 21.9 Å². The maximum absolute atomic E-state index is 10.9. The van der Waals surface area contributed by atoms with Crippen LogP contribution in [0.2, 0.25) is 0 Å². The van der Waals surface area contributed by atoms with E-state index in [1.165, 1.54) is 0 Å². The molecule has 0 aromatic rings. The third kappa shape index (κ3) is 3.74. The van der Waals surface area contributed by atoms with E-state index in [-0.39, 0.29) is 0 Å². The van der Waals surface area contributed by atoms with E-state index in [2.05, 4.69) is 32.0 Å². The molecule has 0 heterocycles. The summed E-state index contributed by atoms with van der Waals surface area (Å²) in [7, 11) is 0. The topological polar surface area (TPSA) is 49.3 Å². The van der Waals surface area contributed by atoms with Crippen LogP contribution < -0.4 is 5.32 Å². The van der Waals surface area contributed by atoms with E-state index in [0.29, 0.717) is 0 Å². The number of aliphatic hydroxyl groups is 1. The van der Waals surface area contributed by atoms with Crippen molar-refractivity contribution in [2.75, 3.05) is 0 Å². The highest BCUT2D eigenvalue weighted by molar-refractivity contribution is 9.12. The number of nitrogens with one attached hydrogen (secondary N) is 1. The number of hydrogen-bond donors (Lipinski definition) is 2. The number of carbonyl (C=O) groups is 1. The first-order valence-corrected chi connectivity index (χ1v) is 4.31. The molecule has 0 aromatic heterocycles. The second kappa shape index (κ2) is 4.48. The second-order valence-electron chi connectivity index (χ2n) is 3.07. The Kier molecular flexibility index (Phi) is 4.29. The molecule has 3 nitrogen and oxygen atoms in total. The lowest BCUT2D eigenvalue weighted by atomic mass is 9.99. The van der Waals surface area contributed by atoms with E-state index in [4.69, 9.17) is 0 Å². The van der Waals surface area contributed by atoms with Gasteiger partial charge in [0.15, 0.2) is 0 Å². The average Bonchev–Trinajstić information content (AvgIpc) is 1.85. The fraction of sp³-hybridized carbons (Fsp3) is 0.625. The van der Waals surface area contributed by atoms with Crippen molar-refractivity contribution >= 4 is 21.8 Å². The third-order valence-electron chi connectivity index (χ3n) is 1.64. The molecule has 12 heavy (non-hydrogen) atoms. The van der Waals surface area contributed by atoms with Crippen molar-refractivity contribution in [3.05, 3.63) is 0 Å². The number of hydrogen-bond acceptors (Lipinski definition) is 2. The summed E-state index contributed by atoms with van der Waals surface area (Å²) in [6.45, 7) is 5.07. The third-order valence-corrected chi connectivity index (χ3v) is 1.84. The lowest BCUT2D eigenvalue weighted by Crippen LogP contribution is -2.50. The number of carbonyl (C=O) groups excluding carboxylic acids is 1. The largest absolute Gasteiger partial charge is 0.391 e. The molecule has 0 spiro atoms. The monoisotopic (exact) mass is 233 g/mol. The molecule has 0 rings (SSSR count). The molecule has 0 saturated heterocycles. The Morgan fingerprint density at radius 1 is 1.67 bits per heavy atom. The molecule has 0 aromatic carbocycles. The Hall–Kier alpha value is -0.530. The molecule has 0 bridgehead atoms. The van der Waals surface area contributed by atoms with Gasteiger partial charge in [0.25, 0.3) is 5.91 Å². The molecule has 0 aliphatic heterocycles. The Balaban J connectivity index is 4.21. The van der Waals surface area contributed by atoms with Gasteiger partial charge in [0.05, 0.1) is 11.6 Å². The molecular formula is C8H12BrNO2. The van der Waals surface area contributed by atoms with Crippen LogP contribution in [0.3, 0.4) is 0 Å². The van der Waals surface area contributed by atoms with Crippen LogP contribution in [0.25, 0.3) is 0 Å². The fourth-order valence-corrected chi connectivity index (χ4v) is 0.651. The van der Waals surface area contributed by atoms with Crippen molar-refractivity contribution in [1.29, 1.82) is 0 Å². The van der Waals surface area contributed by atoms with Gasteiger partial charge in [0.2, 0.25) is 0 Å². The molecule has 0 saturated carbocycles. The van der Waals surface area contributed by atoms with E-state index in [1.54, 1.807) is 20.8 Å². The van der Waals surface area contributed by atoms with Crippen molar-refractivity contribution in [1.82, 2.24) is 5.32 Å². The SMILES string of the molecule is CC(O)C(C)(C)NC(=O)C#CBr. The van der Waals surface area contributed by atoms with Crippen LogP contribution in [0, 0.1) is 10.8 Å². The fourth-order valence-electron chi connectivity index (χ4n) is 0.471. The number of aliphatic hydroxyl groups excluding tert-OH is 1. The van der Waals surface area contributed by atoms with Gasteiger partial charge < -0.3 is 10.4 Å². The first kappa shape index (κ1) is 11.5. The zero-order valence-corrected chi connectivity index (χ0v) is 8.90. The summed E-state index contributed by atoms with van der Waals surface area (Å²) in [5, 5.41) is 11.8. The number of halogens is 1. The minimum Gasteiger partial charge on any atom is -0.391 e. The van der Waals surface area contributed by atoms with Gasteiger partial charge in [-0.2, -0.15) is 0 Å². The van der Waals surface area contributed by atoms with E-state index >= 15 is 0 Å². The predicted molar refractivity (Wildman–Crippen MR) is 50.6 cm³/mol. The molecule has 1 unspecified atom stereocenters. The summed E-state index contributed by atoms with van der Waals surface area (Å²) < 4.78 is 0. The Bertz CT molecular complexity index is 225. The van der Waals surface area contributed by atoms with Crippen LogP contribution in [0.1, 0.15) is 20.8 Å². The molecule has 0 fully saturated rings. The number of amides is 1. The van der Waals surface area contributed by atoms with Crippen LogP contribution in [0.15, 0.2) is 0 Å². The molecule has 0 radical (unpaired) electrons. The summed E-state index contributed by atoms with van der Waals surface area (Å²) in [5.41, 5.74) is -0.645. The minimum absolute atomic E-state index is 0.405. The van der Waals surface area contributed by atoms with E-state index < -0.39 is 17.6 Å². The smallest absolute Gasteiger partial charge is 0.297 e. The second-order valence-corrected chi connectivity index (χ2v) is 3.47. The minimum atomic E-state index is -0.645. The quantitative estimate of drug-likeness (QED) is 0.688. The standard InChI is InChI=1S/C8H12BrNO2/c1-6(11)8(2,3)10-7(12)4-5-9/h6,11H,1-3H3,(H,10,12). The van der Waals surface area contributed by atoms with Crippen LogP contribution in [-0.4, -0.2) is 22.7 Å². The van der Waals surface area contributed by atoms with Crippen molar-refractivity contribution < 1.29 is 9.90 Å². The van der Waals surface area contributed by atoms with Gasteiger partial charge in [-0.25, -0.2) is 0 Å². The van der Waals surface area contributed by atoms with Crippen molar-refractivity contribution in [2.45, 2.75) is 32.4 Å². The molecule has 2 N–H and O–H groups in total. The molecule has 1 atom stereocenters. The van der Waals surface area contributed by atoms with Crippen LogP contribution in [0.4, 0.5) is 0 Å². The van der Waals surface area contributed by atoms with Gasteiger partial charge >= 0.3 is 0 Å². The zero-order chi connectivity index (χ0) is 9.78. The van der Waals surface area contributed by atoms with Gasteiger partial charge in [-0.1, -0.05) is 0 Å². The molecule has 68 valence electrons. The highest BCUT2D eigenvalue weighted by Crippen LogP contribution is 2.07. The Morgan fingerprint density at radius 2 is 2.17 bits per heavy atom. The predicted octanol–water partition coefficient (Wildman–Crippen LogP) is 0.618. The van der Waals surface area contributed by atoms with E-state index in [1.807, 2.05) is 0 Å². The van der Waals surface area contributed by atoms with Crippen molar-refractivity contribution in [2.24, 2.45) is 0 Å². The molecule has 4 heteroatoms. The lowest BCUT2D eigenvalue weighted by molar-refractivity contribution is -0.118. The first-order chi connectivity index (χ1) is 5.40. The average molecular weight is 234 g/mol. The van der Waals surface area contributed by atoms with E-state index in [9.17, 15) is 9.90 Å². The summed E-state index contributed by atoms with van der Waals surface area (Å²) in [6.07, 6.45) is -0.612. The summed E-state index contributed by atoms with van der Waals surface area (Å²) in [4.78, 5) is 13.2. The normalized spacial score (nSPS) is 12.8. The molecule has 0 aliphatic carbocycles. The lowest BCUT2D eigenvalue weighted by Gasteiger charge is -2.28. The van der Waals surface area contributed by atoms with Crippen LogP contribution in [-0.2, 0) is 4.79 Å². The maximum Gasteiger partial charge on any atom is 0.297 e. The molecular weight excluding hydrogens is 222 g/mol. The Morgan fingerprint density at radius 3 is 2.50 bits per heavy atom. The highest BCUT2D eigenvalue weighted by atomic mass is 79.9. The summed E-state index contributed by atoms with van der Waals surface area (Å²) in [6, 6.07) is 0. The van der Waals surface area contributed by atoms with Gasteiger partial charge in [-0.3, -0.25) is 4.79 Å². The summed E-state index contributed by atoms with van der Waals surface area (Å²) in [5.74, 6) is 1.86. The van der Waals surface area contributed by atoms with Gasteiger partial charge in [0.1, 0.15) is 0 Å². The van der Waals surface area contributed by atoms with Crippen LogP contribution in [0.5, 0.6) is 0 Å². The summed E-state index contributed by atoms with van der Waals surface area (Å²) >= 11 is 2.81. The van der Waals surface area contributed by atoms with Gasteiger partial charge in [-0.15, -0.1) is 0 Å². The van der Waals surface area contributed by atoms with Crippen molar-refractivity contribution in [3.63, 3.8) is 0 Å². The van der Waals surface area contributed by atoms with E-state index in [0.717, 1.165) is 0 Å². The first-order valence-electron chi connectivity index (χ1n) is 3.52. The van der Waals surface area contributed by atoms with Crippen molar-refractivity contribution in [3.8, 4) is 10.8 Å².